The van der Waals surface area contributed by atoms with Crippen molar-refractivity contribution in [3.8, 4) is 0 Å². The van der Waals surface area contributed by atoms with E-state index in [2.05, 4.69) is 16.0 Å². The molecule has 2 aromatic rings. The molecule has 0 unspecified atom stereocenters. The van der Waals surface area contributed by atoms with Crippen LogP contribution in [0, 0.1) is 0 Å². The van der Waals surface area contributed by atoms with Crippen molar-refractivity contribution in [2.45, 2.75) is 13.3 Å². The molecular weight excluding hydrogens is 282 g/mol. The smallest absolute Gasteiger partial charge is 0.291 e. The van der Waals surface area contributed by atoms with E-state index in [9.17, 15) is 9.59 Å². The van der Waals surface area contributed by atoms with Crippen LogP contribution in [-0.2, 0) is 4.79 Å². The number of nitrogens with one attached hydrogen (secondary N) is 3. The van der Waals surface area contributed by atoms with Gasteiger partial charge in [-0.3, -0.25) is 9.59 Å². The summed E-state index contributed by atoms with van der Waals surface area (Å²) in [4.78, 5) is 23.4. The Kier molecular flexibility index (Phi) is 5.59. The molecule has 0 atom stereocenters. The van der Waals surface area contributed by atoms with Gasteiger partial charge in [0.2, 0.25) is 5.91 Å². The molecule has 0 bridgehead atoms. The van der Waals surface area contributed by atoms with E-state index >= 15 is 0 Å². The van der Waals surface area contributed by atoms with Gasteiger partial charge in [-0.1, -0.05) is 13.0 Å². The van der Waals surface area contributed by atoms with Crippen molar-refractivity contribution in [3.63, 3.8) is 0 Å². The van der Waals surface area contributed by atoms with Gasteiger partial charge < -0.3 is 20.4 Å². The lowest BCUT2D eigenvalue weighted by Gasteiger charge is -2.09. The van der Waals surface area contributed by atoms with Crippen molar-refractivity contribution in [1.82, 2.24) is 5.32 Å². The predicted octanol–water partition coefficient (Wildman–Crippen LogP) is 2.47. The van der Waals surface area contributed by atoms with Gasteiger partial charge in [-0.15, -0.1) is 0 Å². The van der Waals surface area contributed by atoms with Gasteiger partial charge in [-0.25, -0.2) is 0 Å². The monoisotopic (exact) mass is 301 g/mol. The lowest BCUT2D eigenvalue weighted by Crippen LogP contribution is -2.30. The van der Waals surface area contributed by atoms with Crippen molar-refractivity contribution >= 4 is 23.2 Å². The number of furan rings is 1. The average molecular weight is 301 g/mol. The fourth-order valence-corrected chi connectivity index (χ4v) is 1.82. The van der Waals surface area contributed by atoms with Crippen LogP contribution < -0.4 is 16.0 Å². The average Bonchev–Trinajstić information content (AvgIpc) is 3.06. The summed E-state index contributed by atoms with van der Waals surface area (Å²) in [5.74, 6) is -0.132. The van der Waals surface area contributed by atoms with Crippen LogP contribution in [0.15, 0.2) is 47.1 Å². The normalized spacial score (nSPS) is 10.0. The van der Waals surface area contributed by atoms with E-state index in [1.54, 1.807) is 30.3 Å². The Morgan fingerprint density at radius 3 is 2.68 bits per heavy atom. The molecule has 0 fully saturated rings. The summed E-state index contributed by atoms with van der Waals surface area (Å²) in [6.07, 6.45) is 2.35. The third-order valence-electron chi connectivity index (χ3n) is 2.89. The number of hydrogen-bond acceptors (Lipinski definition) is 4. The number of amides is 2. The Labute approximate surface area is 128 Å². The zero-order chi connectivity index (χ0) is 15.8. The van der Waals surface area contributed by atoms with Crippen molar-refractivity contribution in [3.05, 3.63) is 48.4 Å². The standard InChI is InChI=1S/C16H19N3O3/c1-2-8-17-15(20)11-18-12-5-3-6-13(10-12)19-16(21)14-7-4-9-22-14/h3-7,9-10,18H,2,8,11H2,1H3,(H,17,20)(H,19,21). The molecule has 1 aromatic carbocycles. The second kappa shape index (κ2) is 7.87. The van der Waals surface area contributed by atoms with Crippen LogP contribution in [0.1, 0.15) is 23.9 Å². The molecule has 1 heterocycles. The number of rotatable bonds is 7. The van der Waals surface area contributed by atoms with Gasteiger partial charge in [0.25, 0.3) is 5.91 Å². The first-order valence-corrected chi connectivity index (χ1v) is 7.14. The van der Waals surface area contributed by atoms with E-state index in [1.165, 1.54) is 6.26 Å². The van der Waals surface area contributed by atoms with E-state index in [0.29, 0.717) is 12.2 Å². The molecule has 0 radical (unpaired) electrons. The van der Waals surface area contributed by atoms with Gasteiger partial charge in [0, 0.05) is 17.9 Å². The highest BCUT2D eigenvalue weighted by molar-refractivity contribution is 6.02. The van der Waals surface area contributed by atoms with Crippen LogP contribution in [0.5, 0.6) is 0 Å². The van der Waals surface area contributed by atoms with Gasteiger partial charge in [0.1, 0.15) is 0 Å². The second-order valence-corrected chi connectivity index (χ2v) is 4.72. The van der Waals surface area contributed by atoms with Gasteiger partial charge in [0.15, 0.2) is 5.76 Å². The van der Waals surface area contributed by atoms with E-state index < -0.39 is 0 Å². The maximum Gasteiger partial charge on any atom is 0.291 e. The van der Waals surface area contributed by atoms with Gasteiger partial charge in [-0.2, -0.15) is 0 Å². The molecule has 1 aromatic heterocycles. The van der Waals surface area contributed by atoms with E-state index in [4.69, 9.17) is 4.42 Å². The van der Waals surface area contributed by atoms with E-state index in [0.717, 1.165) is 12.1 Å². The Hall–Kier alpha value is -2.76. The van der Waals surface area contributed by atoms with Crippen molar-refractivity contribution in [1.29, 1.82) is 0 Å². The molecule has 6 nitrogen and oxygen atoms in total. The molecule has 3 N–H and O–H groups in total. The highest BCUT2D eigenvalue weighted by Gasteiger charge is 2.08. The topological polar surface area (TPSA) is 83.4 Å². The molecule has 0 saturated heterocycles. The van der Waals surface area contributed by atoms with Crippen molar-refractivity contribution in [2.24, 2.45) is 0 Å². The van der Waals surface area contributed by atoms with Gasteiger partial charge >= 0.3 is 0 Å². The largest absolute Gasteiger partial charge is 0.459 e. The minimum absolute atomic E-state index is 0.0631. The first kappa shape index (κ1) is 15.6. The predicted molar refractivity (Wildman–Crippen MR) is 84.9 cm³/mol. The molecule has 22 heavy (non-hydrogen) atoms. The van der Waals surface area contributed by atoms with Crippen molar-refractivity contribution < 1.29 is 14.0 Å². The fraction of sp³-hybridized carbons (Fsp3) is 0.250. The quantitative estimate of drug-likeness (QED) is 0.733. The Balaban J connectivity index is 1.89. The molecule has 116 valence electrons. The zero-order valence-electron chi connectivity index (χ0n) is 12.4. The second-order valence-electron chi connectivity index (χ2n) is 4.72. The lowest BCUT2D eigenvalue weighted by atomic mass is 10.2. The van der Waals surface area contributed by atoms with Crippen molar-refractivity contribution in [2.75, 3.05) is 23.7 Å². The van der Waals surface area contributed by atoms with Gasteiger partial charge in [0.05, 0.1) is 12.8 Å². The first-order chi connectivity index (χ1) is 10.7. The number of benzene rings is 1. The molecule has 0 saturated carbocycles. The lowest BCUT2D eigenvalue weighted by molar-refractivity contribution is -0.119. The number of carbonyl (C=O) groups excluding carboxylic acids is 2. The highest BCUT2D eigenvalue weighted by atomic mass is 16.3. The molecule has 2 rings (SSSR count). The molecular formula is C16H19N3O3. The van der Waals surface area contributed by atoms with Crippen LogP contribution in [0.4, 0.5) is 11.4 Å². The van der Waals surface area contributed by atoms with Gasteiger partial charge in [-0.05, 0) is 36.8 Å². The Morgan fingerprint density at radius 1 is 1.14 bits per heavy atom. The highest BCUT2D eigenvalue weighted by Crippen LogP contribution is 2.16. The Morgan fingerprint density at radius 2 is 1.95 bits per heavy atom. The van der Waals surface area contributed by atoms with Crippen LogP contribution in [-0.4, -0.2) is 24.9 Å². The summed E-state index contributed by atoms with van der Waals surface area (Å²) in [6.45, 7) is 2.86. The summed E-state index contributed by atoms with van der Waals surface area (Å²) < 4.78 is 5.03. The summed E-state index contributed by atoms with van der Waals surface area (Å²) in [5.41, 5.74) is 1.38. The van der Waals surface area contributed by atoms with E-state index in [1.807, 2.05) is 13.0 Å². The minimum Gasteiger partial charge on any atom is -0.459 e. The molecule has 6 heteroatoms. The SMILES string of the molecule is CCCNC(=O)CNc1cccc(NC(=O)c2ccco2)c1. The van der Waals surface area contributed by atoms with E-state index in [-0.39, 0.29) is 24.1 Å². The summed E-state index contributed by atoms with van der Waals surface area (Å²) in [7, 11) is 0. The fourth-order valence-electron chi connectivity index (χ4n) is 1.82. The number of hydrogen-bond donors (Lipinski definition) is 3. The van der Waals surface area contributed by atoms with Crippen LogP contribution in [0.3, 0.4) is 0 Å². The summed E-state index contributed by atoms with van der Waals surface area (Å²) in [5, 5.41) is 8.53. The maximum atomic E-state index is 11.9. The summed E-state index contributed by atoms with van der Waals surface area (Å²) >= 11 is 0. The van der Waals surface area contributed by atoms with Crippen LogP contribution in [0.25, 0.3) is 0 Å². The third kappa shape index (κ3) is 4.66. The number of carbonyl (C=O) groups is 2. The number of anilines is 2. The van der Waals surface area contributed by atoms with Crippen LogP contribution in [0.2, 0.25) is 0 Å². The molecule has 0 aliphatic rings. The molecule has 0 aliphatic carbocycles. The molecule has 0 spiro atoms. The zero-order valence-corrected chi connectivity index (χ0v) is 12.4. The maximum absolute atomic E-state index is 11.9. The minimum atomic E-state index is -0.317. The first-order valence-electron chi connectivity index (χ1n) is 7.14. The third-order valence-corrected chi connectivity index (χ3v) is 2.89. The Bertz CT molecular complexity index is 623. The summed E-state index contributed by atoms with van der Waals surface area (Å²) in [6, 6.07) is 10.4. The molecule has 2 amide bonds. The molecule has 0 aliphatic heterocycles. The van der Waals surface area contributed by atoms with Crippen LogP contribution >= 0.6 is 0 Å².